The number of hydrogen-bond donors (Lipinski definition) is 3. The number of aromatic nitrogens is 3. The number of rotatable bonds is 3. The zero-order chi connectivity index (χ0) is 11.5. The number of aryl methyl sites for hydroxylation is 2. The van der Waals surface area contributed by atoms with Gasteiger partial charge in [-0.05, 0) is 31.0 Å². The van der Waals surface area contributed by atoms with Crippen LogP contribution in [-0.2, 0) is 6.54 Å². The first-order valence-electron chi connectivity index (χ1n) is 5.10. The summed E-state index contributed by atoms with van der Waals surface area (Å²) in [6, 6.07) is 6.20. The molecule has 5 nitrogen and oxygen atoms in total. The van der Waals surface area contributed by atoms with E-state index in [1.54, 1.807) is 0 Å². The Balaban J connectivity index is 2.10. The minimum absolute atomic E-state index is 0.280. The maximum atomic E-state index is 10.8. The molecule has 84 valence electrons. The molecule has 0 radical (unpaired) electrons. The predicted molar refractivity (Wildman–Crippen MR) is 62.5 cm³/mol. The highest BCUT2D eigenvalue weighted by atomic mass is 16.1. The molecular formula is C11H14N4O. The van der Waals surface area contributed by atoms with E-state index in [2.05, 4.69) is 38.7 Å². The summed E-state index contributed by atoms with van der Waals surface area (Å²) in [7, 11) is 0. The van der Waals surface area contributed by atoms with Crippen molar-refractivity contribution in [2.75, 3.05) is 5.32 Å². The standard InChI is InChI=1S/C11H14N4O/c1-7-3-4-8(2)9(5-7)12-6-10-13-11(16)15-14-10/h3-5,12H,6H2,1-2H3,(H2,13,14,15,16). The van der Waals surface area contributed by atoms with E-state index in [-0.39, 0.29) is 5.69 Å². The van der Waals surface area contributed by atoms with Crippen LogP contribution in [0.15, 0.2) is 23.0 Å². The van der Waals surface area contributed by atoms with Crippen molar-refractivity contribution in [1.29, 1.82) is 0 Å². The third kappa shape index (κ3) is 2.31. The van der Waals surface area contributed by atoms with Crippen LogP contribution in [0.1, 0.15) is 17.0 Å². The lowest BCUT2D eigenvalue weighted by Crippen LogP contribution is -2.05. The third-order valence-corrected chi connectivity index (χ3v) is 2.39. The van der Waals surface area contributed by atoms with Crippen molar-refractivity contribution < 1.29 is 0 Å². The first-order chi connectivity index (χ1) is 7.65. The Bertz CT molecular complexity index is 541. The molecule has 16 heavy (non-hydrogen) atoms. The predicted octanol–water partition coefficient (Wildman–Crippen LogP) is 1.33. The first-order valence-corrected chi connectivity index (χ1v) is 5.10. The Kier molecular flexibility index (Phi) is 2.76. The highest BCUT2D eigenvalue weighted by Crippen LogP contribution is 2.16. The van der Waals surface area contributed by atoms with Crippen LogP contribution in [0, 0.1) is 13.8 Å². The zero-order valence-electron chi connectivity index (χ0n) is 9.29. The van der Waals surface area contributed by atoms with E-state index >= 15 is 0 Å². The number of hydrogen-bond acceptors (Lipinski definition) is 3. The van der Waals surface area contributed by atoms with E-state index in [1.807, 2.05) is 13.8 Å². The molecule has 0 bridgehead atoms. The summed E-state index contributed by atoms with van der Waals surface area (Å²) in [5.41, 5.74) is 3.15. The number of aromatic amines is 2. The van der Waals surface area contributed by atoms with Crippen LogP contribution in [0.2, 0.25) is 0 Å². The van der Waals surface area contributed by atoms with Crippen LogP contribution in [-0.4, -0.2) is 15.2 Å². The van der Waals surface area contributed by atoms with Gasteiger partial charge in [-0.1, -0.05) is 12.1 Å². The lowest BCUT2D eigenvalue weighted by Gasteiger charge is -2.08. The van der Waals surface area contributed by atoms with Gasteiger partial charge in [0.05, 0.1) is 6.54 Å². The summed E-state index contributed by atoms with van der Waals surface area (Å²) in [6.45, 7) is 4.58. The molecular weight excluding hydrogens is 204 g/mol. The molecule has 0 aliphatic rings. The molecule has 5 heteroatoms. The van der Waals surface area contributed by atoms with E-state index < -0.39 is 0 Å². The van der Waals surface area contributed by atoms with E-state index in [4.69, 9.17) is 0 Å². The monoisotopic (exact) mass is 218 g/mol. The van der Waals surface area contributed by atoms with Gasteiger partial charge in [-0.15, -0.1) is 0 Å². The van der Waals surface area contributed by atoms with Crippen molar-refractivity contribution >= 4 is 5.69 Å². The first kappa shape index (κ1) is 10.5. The molecule has 1 aromatic heterocycles. The Morgan fingerprint density at radius 2 is 2.19 bits per heavy atom. The quantitative estimate of drug-likeness (QED) is 0.727. The molecule has 2 rings (SSSR count). The largest absolute Gasteiger partial charge is 0.378 e. The van der Waals surface area contributed by atoms with Crippen molar-refractivity contribution in [2.45, 2.75) is 20.4 Å². The van der Waals surface area contributed by atoms with Gasteiger partial charge < -0.3 is 5.32 Å². The van der Waals surface area contributed by atoms with Crippen LogP contribution >= 0.6 is 0 Å². The van der Waals surface area contributed by atoms with E-state index in [9.17, 15) is 4.79 Å². The van der Waals surface area contributed by atoms with Gasteiger partial charge in [-0.2, -0.15) is 5.10 Å². The van der Waals surface area contributed by atoms with Gasteiger partial charge >= 0.3 is 5.69 Å². The second-order valence-electron chi connectivity index (χ2n) is 3.80. The second-order valence-corrected chi connectivity index (χ2v) is 3.80. The molecule has 0 atom stereocenters. The van der Waals surface area contributed by atoms with Crippen molar-refractivity contribution in [3.63, 3.8) is 0 Å². The Morgan fingerprint density at radius 3 is 2.88 bits per heavy atom. The Labute approximate surface area is 92.9 Å². The van der Waals surface area contributed by atoms with Crippen molar-refractivity contribution in [1.82, 2.24) is 15.2 Å². The highest BCUT2D eigenvalue weighted by molar-refractivity contribution is 5.52. The summed E-state index contributed by atoms with van der Waals surface area (Å²) in [4.78, 5) is 13.4. The summed E-state index contributed by atoms with van der Waals surface area (Å²) in [6.07, 6.45) is 0. The van der Waals surface area contributed by atoms with Gasteiger partial charge in [0, 0.05) is 5.69 Å². The summed E-state index contributed by atoms with van der Waals surface area (Å²) < 4.78 is 0. The molecule has 1 aromatic carbocycles. The maximum absolute atomic E-state index is 10.8. The van der Waals surface area contributed by atoms with Gasteiger partial charge in [-0.3, -0.25) is 4.98 Å². The molecule has 0 saturated heterocycles. The fourth-order valence-electron chi connectivity index (χ4n) is 1.49. The van der Waals surface area contributed by atoms with Crippen molar-refractivity contribution in [3.8, 4) is 0 Å². The lowest BCUT2D eigenvalue weighted by atomic mass is 10.1. The van der Waals surface area contributed by atoms with Crippen LogP contribution < -0.4 is 11.0 Å². The van der Waals surface area contributed by atoms with Gasteiger partial charge in [0.1, 0.15) is 5.82 Å². The normalized spacial score (nSPS) is 10.4. The molecule has 0 unspecified atom stereocenters. The van der Waals surface area contributed by atoms with Crippen LogP contribution in [0.3, 0.4) is 0 Å². The molecule has 3 N–H and O–H groups in total. The van der Waals surface area contributed by atoms with Gasteiger partial charge in [0.15, 0.2) is 0 Å². The topological polar surface area (TPSA) is 73.6 Å². The van der Waals surface area contributed by atoms with Gasteiger partial charge in [0.2, 0.25) is 0 Å². The smallest absolute Gasteiger partial charge is 0.340 e. The second kappa shape index (κ2) is 4.22. The van der Waals surface area contributed by atoms with Crippen LogP contribution in [0.5, 0.6) is 0 Å². The molecule has 0 aliphatic heterocycles. The van der Waals surface area contributed by atoms with E-state index in [1.165, 1.54) is 11.1 Å². The number of anilines is 1. The Morgan fingerprint density at radius 1 is 1.38 bits per heavy atom. The number of benzene rings is 1. The summed E-state index contributed by atoms with van der Waals surface area (Å²) in [5, 5.41) is 9.39. The Hall–Kier alpha value is -2.04. The number of nitrogens with one attached hydrogen (secondary N) is 3. The average Bonchev–Trinajstić information content (AvgIpc) is 2.66. The molecule has 0 spiro atoms. The van der Waals surface area contributed by atoms with Crippen LogP contribution in [0.25, 0.3) is 0 Å². The van der Waals surface area contributed by atoms with E-state index in [0.29, 0.717) is 12.4 Å². The average molecular weight is 218 g/mol. The molecule has 2 aromatic rings. The fourth-order valence-corrected chi connectivity index (χ4v) is 1.49. The van der Waals surface area contributed by atoms with Crippen molar-refractivity contribution in [2.24, 2.45) is 0 Å². The number of H-pyrrole nitrogens is 2. The van der Waals surface area contributed by atoms with Crippen LogP contribution in [0.4, 0.5) is 5.69 Å². The molecule has 0 fully saturated rings. The molecule has 1 heterocycles. The minimum Gasteiger partial charge on any atom is -0.378 e. The molecule has 0 saturated carbocycles. The summed E-state index contributed by atoms with van der Waals surface area (Å²) >= 11 is 0. The molecule has 0 amide bonds. The van der Waals surface area contributed by atoms with Gasteiger partial charge in [0.25, 0.3) is 0 Å². The van der Waals surface area contributed by atoms with Crippen molar-refractivity contribution in [3.05, 3.63) is 45.6 Å². The minimum atomic E-state index is -0.280. The fraction of sp³-hybridized carbons (Fsp3) is 0.273. The maximum Gasteiger partial charge on any atom is 0.340 e. The lowest BCUT2D eigenvalue weighted by molar-refractivity contribution is 0.952. The molecule has 0 aliphatic carbocycles. The third-order valence-electron chi connectivity index (χ3n) is 2.39. The highest BCUT2D eigenvalue weighted by Gasteiger charge is 2.00. The number of nitrogens with zero attached hydrogens (tertiary/aromatic N) is 1. The summed E-state index contributed by atoms with van der Waals surface area (Å²) in [5.74, 6) is 0.603. The van der Waals surface area contributed by atoms with E-state index in [0.717, 1.165) is 5.69 Å². The SMILES string of the molecule is Cc1ccc(C)c(NCc2n[nH]c(=O)[nH]2)c1. The zero-order valence-corrected chi connectivity index (χ0v) is 9.29. The van der Waals surface area contributed by atoms with Gasteiger partial charge in [-0.25, -0.2) is 9.89 Å².